The van der Waals surface area contributed by atoms with Crippen molar-refractivity contribution in [3.8, 4) is 17.3 Å². The molecule has 1 aliphatic rings. The van der Waals surface area contributed by atoms with Crippen LogP contribution in [0.15, 0.2) is 64.3 Å². The predicted molar refractivity (Wildman–Crippen MR) is 99.4 cm³/mol. The maximum absolute atomic E-state index is 10.7. The first-order valence-corrected chi connectivity index (χ1v) is 8.72. The Hall–Kier alpha value is -2.77. The van der Waals surface area contributed by atoms with Crippen molar-refractivity contribution in [2.75, 3.05) is 7.11 Å². The first-order chi connectivity index (χ1) is 12.2. The van der Waals surface area contributed by atoms with Crippen LogP contribution in [0, 0.1) is 3.95 Å². The van der Waals surface area contributed by atoms with E-state index in [-0.39, 0.29) is 5.88 Å². The van der Waals surface area contributed by atoms with Crippen LogP contribution >= 0.6 is 23.6 Å². The highest BCUT2D eigenvalue weighted by atomic mass is 32.1. The molecule has 0 aliphatic carbocycles. The third-order valence-corrected chi connectivity index (χ3v) is 5.06. The monoisotopic (exact) mass is 367 g/mol. The van der Waals surface area contributed by atoms with Crippen molar-refractivity contribution >= 4 is 29.6 Å². The van der Waals surface area contributed by atoms with Gasteiger partial charge in [0.05, 0.1) is 28.4 Å². The molecule has 1 N–H and O–H groups in total. The number of ether oxygens (including phenoxy) is 1. The van der Waals surface area contributed by atoms with Gasteiger partial charge in [0.1, 0.15) is 5.75 Å². The van der Waals surface area contributed by atoms with E-state index in [1.54, 1.807) is 17.8 Å². The zero-order valence-electron chi connectivity index (χ0n) is 13.2. The molecule has 3 aromatic rings. The lowest BCUT2D eigenvalue weighted by Gasteiger charge is -2.09. The fourth-order valence-electron chi connectivity index (χ4n) is 2.61. The van der Waals surface area contributed by atoms with Crippen LogP contribution in [0.5, 0.6) is 11.6 Å². The molecule has 1 aliphatic heterocycles. The molecule has 2 heterocycles. The van der Waals surface area contributed by atoms with Gasteiger partial charge in [-0.3, -0.25) is 4.57 Å². The maximum atomic E-state index is 10.7. The van der Waals surface area contributed by atoms with Crippen LogP contribution in [-0.4, -0.2) is 16.8 Å². The highest BCUT2D eigenvalue weighted by Crippen LogP contribution is 2.35. The van der Waals surface area contributed by atoms with Gasteiger partial charge in [0.2, 0.25) is 5.88 Å². The number of aromatic hydroxyl groups is 1. The van der Waals surface area contributed by atoms with Crippen molar-refractivity contribution < 1.29 is 9.84 Å². The lowest BCUT2D eigenvalue weighted by molar-refractivity contribution is 0.405. The fraction of sp³-hybridized carbons (Fsp3) is 0.0556. The van der Waals surface area contributed by atoms with E-state index in [2.05, 4.69) is 9.98 Å². The molecule has 0 unspecified atom stereocenters. The molecular formula is C18H13N3O2S2. The van der Waals surface area contributed by atoms with E-state index in [9.17, 15) is 5.11 Å². The Bertz CT molecular complexity index is 1140. The molecule has 5 nitrogen and oxygen atoms in total. The Balaban J connectivity index is 1.83. The number of para-hydroxylation sites is 4. The van der Waals surface area contributed by atoms with E-state index in [1.165, 1.54) is 11.3 Å². The van der Waals surface area contributed by atoms with Gasteiger partial charge in [0, 0.05) is 6.08 Å². The first kappa shape index (κ1) is 15.7. The van der Waals surface area contributed by atoms with Gasteiger partial charge in [-0.1, -0.05) is 24.3 Å². The molecule has 0 saturated carbocycles. The molecule has 0 saturated heterocycles. The molecule has 0 spiro atoms. The summed E-state index contributed by atoms with van der Waals surface area (Å²) >= 11 is 6.73. The van der Waals surface area contributed by atoms with Gasteiger partial charge >= 0.3 is 0 Å². The van der Waals surface area contributed by atoms with Crippen LogP contribution in [0.1, 0.15) is 4.88 Å². The summed E-state index contributed by atoms with van der Waals surface area (Å²) in [5.41, 5.74) is 0.692. The lowest BCUT2D eigenvalue weighted by atomic mass is 10.3. The van der Waals surface area contributed by atoms with E-state index < -0.39 is 0 Å². The largest absolute Gasteiger partial charge is 0.495 e. The molecule has 0 bridgehead atoms. The summed E-state index contributed by atoms with van der Waals surface area (Å²) in [7, 11) is 1.59. The summed E-state index contributed by atoms with van der Waals surface area (Å²) in [6.07, 6.45) is 1.74. The molecule has 7 heteroatoms. The minimum absolute atomic E-state index is 0.0494. The van der Waals surface area contributed by atoms with Crippen LogP contribution in [0.3, 0.4) is 0 Å². The minimum Gasteiger partial charge on any atom is -0.495 e. The van der Waals surface area contributed by atoms with Crippen molar-refractivity contribution in [3.05, 3.63) is 73.9 Å². The zero-order valence-corrected chi connectivity index (χ0v) is 14.8. The predicted octanol–water partition coefficient (Wildman–Crippen LogP) is 3.23. The zero-order chi connectivity index (χ0) is 17.4. The van der Waals surface area contributed by atoms with Crippen LogP contribution in [0.25, 0.3) is 11.8 Å². The van der Waals surface area contributed by atoms with Gasteiger partial charge in [-0.05, 0) is 36.5 Å². The number of nitrogens with zero attached hydrogens (tertiary/aromatic N) is 3. The Morgan fingerprint density at radius 3 is 2.40 bits per heavy atom. The highest BCUT2D eigenvalue weighted by molar-refractivity contribution is 7.73. The smallest absolute Gasteiger partial charge is 0.215 e. The molecule has 2 aromatic carbocycles. The first-order valence-electron chi connectivity index (χ1n) is 7.50. The third kappa shape index (κ3) is 2.77. The Morgan fingerprint density at radius 1 is 1.08 bits per heavy atom. The lowest BCUT2D eigenvalue weighted by Crippen LogP contribution is -2.19. The van der Waals surface area contributed by atoms with E-state index in [1.807, 2.05) is 48.5 Å². The number of methoxy groups -OCH3 is 1. The van der Waals surface area contributed by atoms with Crippen LogP contribution < -0.4 is 15.5 Å². The number of thiazole rings is 1. The molecule has 1 aromatic heterocycles. The molecule has 0 amide bonds. The van der Waals surface area contributed by atoms with Gasteiger partial charge in [-0.25, -0.2) is 9.98 Å². The summed E-state index contributed by atoms with van der Waals surface area (Å²) in [5, 5.41) is 12.3. The molecule has 25 heavy (non-hydrogen) atoms. The molecule has 4 rings (SSSR count). The summed E-state index contributed by atoms with van der Waals surface area (Å²) in [4.78, 5) is 9.51. The highest BCUT2D eigenvalue weighted by Gasteiger charge is 2.16. The summed E-state index contributed by atoms with van der Waals surface area (Å²) in [6.45, 7) is 0. The SMILES string of the molecule is COc1ccccc1-n1c(O)c(C=C2N=c3ccccc3=N2)sc1=S. The Kier molecular flexibility index (Phi) is 3.95. The van der Waals surface area contributed by atoms with Crippen LogP contribution in [0.2, 0.25) is 0 Å². The van der Waals surface area contributed by atoms with Crippen molar-refractivity contribution in [2.24, 2.45) is 9.98 Å². The minimum atomic E-state index is 0.0494. The molecule has 0 radical (unpaired) electrons. The van der Waals surface area contributed by atoms with Crippen molar-refractivity contribution in [3.63, 3.8) is 0 Å². The average Bonchev–Trinajstić information content (AvgIpc) is 3.15. The van der Waals surface area contributed by atoms with Crippen LogP contribution in [-0.2, 0) is 0 Å². The van der Waals surface area contributed by atoms with E-state index in [0.717, 1.165) is 10.7 Å². The summed E-state index contributed by atoms with van der Waals surface area (Å²) < 4.78 is 7.48. The normalized spacial score (nSPS) is 12.3. The van der Waals surface area contributed by atoms with E-state index >= 15 is 0 Å². The number of hydrogen-bond donors (Lipinski definition) is 1. The van der Waals surface area contributed by atoms with Gasteiger partial charge in [-0.15, -0.1) is 11.3 Å². The molecule has 124 valence electrons. The number of fused-ring (bicyclic) bond motifs is 1. The Morgan fingerprint density at radius 2 is 1.72 bits per heavy atom. The number of aromatic nitrogens is 1. The van der Waals surface area contributed by atoms with Gasteiger partial charge < -0.3 is 9.84 Å². The van der Waals surface area contributed by atoms with Gasteiger partial charge in [-0.2, -0.15) is 0 Å². The van der Waals surface area contributed by atoms with Crippen LogP contribution in [0.4, 0.5) is 0 Å². The van der Waals surface area contributed by atoms with Crippen molar-refractivity contribution in [1.82, 2.24) is 4.57 Å². The average molecular weight is 367 g/mol. The van der Waals surface area contributed by atoms with Crippen molar-refractivity contribution in [1.29, 1.82) is 0 Å². The second-order valence-corrected chi connectivity index (χ2v) is 6.95. The quantitative estimate of drug-likeness (QED) is 0.723. The second-order valence-electron chi connectivity index (χ2n) is 5.28. The van der Waals surface area contributed by atoms with Gasteiger partial charge in [0.25, 0.3) is 0 Å². The topological polar surface area (TPSA) is 59.1 Å². The molecular weight excluding hydrogens is 354 g/mol. The maximum Gasteiger partial charge on any atom is 0.215 e. The second kappa shape index (κ2) is 6.27. The number of hydrogen-bond acceptors (Lipinski definition) is 6. The van der Waals surface area contributed by atoms with E-state index in [4.69, 9.17) is 17.0 Å². The molecule has 0 atom stereocenters. The fourth-order valence-corrected chi connectivity index (χ4v) is 3.88. The summed E-state index contributed by atoms with van der Waals surface area (Å²) in [5.74, 6) is 1.22. The van der Waals surface area contributed by atoms with Crippen molar-refractivity contribution in [2.45, 2.75) is 0 Å². The third-order valence-electron chi connectivity index (χ3n) is 3.75. The standard InChI is InChI=1S/C18H13N3O2S2/c1-23-14-9-5-4-8-13(14)21-17(22)15(25-18(21)24)10-16-19-11-6-2-3-7-12(11)20-16/h2-10,22H,1H3. The molecule has 0 fully saturated rings. The number of rotatable bonds is 3. The van der Waals surface area contributed by atoms with E-state index in [0.29, 0.717) is 26.1 Å². The van der Waals surface area contributed by atoms with Gasteiger partial charge in [0.15, 0.2) is 9.78 Å². The summed E-state index contributed by atoms with van der Waals surface area (Å²) in [6, 6.07) is 15.0. The number of benzene rings is 2. The Labute approximate surface area is 152 Å².